The van der Waals surface area contributed by atoms with Crippen LogP contribution in [-0.2, 0) is 13.0 Å². The average molecular weight is 400 g/mol. The lowest BCUT2D eigenvalue weighted by Crippen LogP contribution is -2.62. The van der Waals surface area contributed by atoms with Gasteiger partial charge in [0.1, 0.15) is 5.75 Å². The number of pyridine rings is 1. The highest BCUT2D eigenvalue weighted by atomic mass is 35.5. The van der Waals surface area contributed by atoms with Crippen molar-refractivity contribution >= 4 is 12.4 Å². The van der Waals surface area contributed by atoms with Crippen molar-refractivity contribution < 1.29 is 4.74 Å². The fourth-order valence-electron chi connectivity index (χ4n) is 5.15. The average Bonchev–Trinajstić information content (AvgIpc) is 2.63. The van der Waals surface area contributed by atoms with Crippen molar-refractivity contribution in [2.75, 3.05) is 19.6 Å². The predicted octanol–water partition coefficient (Wildman–Crippen LogP) is 4.14. The molecule has 3 aliphatic rings. The van der Waals surface area contributed by atoms with E-state index < -0.39 is 0 Å². The van der Waals surface area contributed by atoms with Crippen molar-refractivity contribution in [2.45, 2.75) is 51.3 Å². The van der Waals surface area contributed by atoms with Gasteiger partial charge in [0.15, 0.2) is 0 Å². The maximum absolute atomic E-state index is 6.52. The summed E-state index contributed by atoms with van der Waals surface area (Å²) in [5, 5.41) is 3.41. The molecule has 1 saturated carbocycles. The van der Waals surface area contributed by atoms with E-state index in [4.69, 9.17) is 9.72 Å². The number of nitrogens with one attached hydrogen (secondary N) is 1. The summed E-state index contributed by atoms with van der Waals surface area (Å²) < 4.78 is 6.52. The highest BCUT2D eigenvalue weighted by Gasteiger charge is 2.50. The molecule has 3 heterocycles. The standard InChI is InChI=1S/C23H29N3O.ClH/c1-2-20-22-19(9-11-26(20)14-17-6-4-3-5-7-17)25-10-8-21(22)27-18-12-23(13-18)15-24-16-23;/h3-8,10,18,20,24H,2,9,11-16H2,1H3;1H. The van der Waals surface area contributed by atoms with Gasteiger partial charge in [-0.05, 0) is 30.9 Å². The number of benzene rings is 1. The van der Waals surface area contributed by atoms with Gasteiger partial charge in [0.25, 0.3) is 0 Å². The molecule has 1 aromatic carbocycles. The first kappa shape index (κ1) is 19.7. The number of halogens is 1. The zero-order valence-electron chi connectivity index (χ0n) is 16.6. The van der Waals surface area contributed by atoms with Crippen molar-refractivity contribution in [1.82, 2.24) is 15.2 Å². The lowest BCUT2D eigenvalue weighted by atomic mass is 9.63. The fourth-order valence-corrected chi connectivity index (χ4v) is 5.15. The molecule has 0 amide bonds. The van der Waals surface area contributed by atoms with Gasteiger partial charge in [0.2, 0.25) is 0 Å². The quantitative estimate of drug-likeness (QED) is 0.819. The Morgan fingerprint density at radius 2 is 1.96 bits per heavy atom. The molecule has 1 saturated heterocycles. The Morgan fingerprint density at radius 3 is 2.64 bits per heavy atom. The first-order valence-electron chi connectivity index (χ1n) is 10.4. The first-order valence-corrected chi connectivity index (χ1v) is 10.4. The third-order valence-electron chi connectivity index (χ3n) is 6.67. The third kappa shape index (κ3) is 3.54. The minimum atomic E-state index is 0. The van der Waals surface area contributed by atoms with Crippen LogP contribution in [0.5, 0.6) is 5.75 Å². The van der Waals surface area contributed by atoms with Crippen molar-refractivity contribution in [1.29, 1.82) is 0 Å². The zero-order chi connectivity index (χ0) is 18.3. The summed E-state index contributed by atoms with van der Waals surface area (Å²) in [5.41, 5.74) is 4.50. The van der Waals surface area contributed by atoms with Gasteiger partial charge in [-0.15, -0.1) is 12.4 Å². The number of hydrogen-bond acceptors (Lipinski definition) is 4. The Balaban J connectivity index is 0.00000192. The molecule has 5 rings (SSSR count). The molecular weight excluding hydrogens is 370 g/mol. The number of aromatic nitrogens is 1. The Morgan fingerprint density at radius 1 is 1.18 bits per heavy atom. The molecule has 0 radical (unpaired) electrons. The summed E-state index contributed by atoms with van der Waals surface area (Å²) in [6.45, 7) is 6.68. The molecule has 28 heavy (non-hydrogen) atoms. The molecular formula is C23H30ClN3O. The van der Waals surface area contributed by atoms with E-state index in [1.54, 1.807) is 0 Å². The molecule has 0 bridgehead atoms. The van der Waals surface area contributed by atoms with E-state index in [9.17, 15) is 0 Å². The van der Waals surface area contributed by atoms with Gasteiger partial charge in [-0.25, -0.2) is 0 Å². The van der Waals surface area contributed by atoms with Crippen molar-refractivity contribution in [3.05, 3.63) is 59.4 Å². The molecule has 1 spiro atoms. The van der Waals surface area contributed by atoms with Crippen LogP contribution in [0.1, 0.15) is 49.0 Å². The molecule has 2 aliphatic heterocycles. The van der Waals surface area contributed by atoms with Gasteiger partial charge in [0, 0.05) is 55.8 Å². The van der Waals surface area contributed by atoms with Crippen LogP contribution in [0, 0.1) is 5.41 Å². The molecule has 5 heteroatoms. The largest absolute Gasteiger partial charge is 0.490 e. The molecule has 2 aromatic rings. The highest BCUT2D eigenvalue weighted by Crippen LogP contribution is 2.47. The molecule has 1 aliphatic carbocycles. The predicted molar refractivity (Wildman–Crippen MR) is 114 cm³/mol. The van der Waals surface area contributed by atoms with Gasteiger partial charge in [-0.1, -0.05) is 37.3 Å². The summed E-state index contributed by atoms with van der Waals surface area (Å²) in [7, 11) is 0. The summed E-state index contributed by atoms with van der Waals surface area (Å²) in [5.74, 6) is 1.08. The number of nitrogens with zero attached hydrogens (tertiary/aromatic N) is 2. The Labute approximate surface area is 174 Å². The number of rotatable bonds is 5. The van der Waals surface area contributed by atoms with Gasteiger partial charge in [-0.3, -0.25) is 9.88 Å². The second-order valence-electron chi connectivity index (χ2n) is 8.55. The Kier molecular flexibility index (Phi) is 5.64. The van der Waals surface area contributed by atoms with Crippen LogP contribution in [0.3, 0.4) is 0 Å². The molecule has 1 unspecified atom stereocenters. The second-order valence-corrected chi connectivity index (χ2v) is 8.55. The molecule has 1 aromatic heterocycles. The SMILES string of the molecule is CCC1c2c(OC3CC4(CNC4)C3)ccnc2CCN1Cc1ccccc1.Cl. The minimum Gasteiger partial charge on any atom is -0.490 e. The monoisotopic (exact) mass is 399 g/mol. The Hall–Kier alpha value is -1.62. The van der Waals surface area contributed by atoms with Crippen LogP contribution in [0.15, 0.2) is 42.6 Å². The molecule has 2 fully saturated rings. The number of ether oxygens (including phenoxy) is 1. The van der Waals surface area contributed by atoms with Gasteiger partial charge >= 0.3 is 0 Å². The lowest BCUT2D eigenvalue weighted by Gasteiger charge is -2.54. The van der Waals surface area contributed by atoms with Crippen LogP contribution in [0.25, 0.3) is 0 Å². The summed E-state index contributed by atoms with van der Waals surface area (Å²) in [6.07, 6.45) is 6.80. The summed E-state index contributed by atoms with van der Waals surface area (Å²) >= 11 is 0. The minimum absolute atomic E-state index is 0. The zero-order valence-corrected chi connectivity index (χ0v) is 17.4. The maximum atomic E-state index is 6.52. The van der Waals surface area contributed by atoms with Crippen LogP contribution in [-0.4, -0.2) is 35.6 Å². The van der Waals surface area contributed by atoms with E-state index in [-0.39, 0.29) is 12.4 Å². The van der Waals surface area contributed by atoms with Crippen molar-refractivity contribution in [3.8, 4) is 5.75 Å². The smallest absolute Gasteiger partial charge is 0.127 e. The van der Waals surface area contributed by atoms with E-state index in [2.05, 4.69) is 53.5 Å². The summed E-state index contributed by atoms with van der Waals surface area (Å²) in [4.78, 5) is 7.31. The topological polar surface area (TPSA) is 37.4 Å². The van der Waals surface area contributed by atoms with Crippen molar-refractivity contribution in [2.24, 2.45) is 5.41 Å². The van der Waals surface area contributed by atoms with E-state index in [1.807, 2.05) is 6.20 Å². The van der Waals surface area contributed by atoms with Gasteiger partial charge < -0.3 is 10.1 Å². The normalized spacial score (nSPS) is 23.2. The van der Waals surface area contributed by atoms with Crippen molar-refractivity contribution in [3.63, 3.8) is 0 Å². The molecule has 150 valence electrons. The third-order valence-corrected chi connectivity index (χ3v) is 6.67. The molecule has 4 nitrogen and oxygen atoms in total. The van der Waals surface area contributed by atoms with Gasteiger partial charge in [0.05, 0.1) is 11.8 Å². The molecule has 1 N–H and O–H groups in total. The summed E-state index contributed by atoms with van der Waals surface area (Å²) in [6, 6.07) is 13.3. The lowest BCUT2D eigenvalue weighted by molar-refractivity contribution is -0.0506. The van der Waals surface area contributed by atoms with E-state index >= 15 is 0 Å². The Bertz CT molecular complexity index is 801. The second kappa shape index (κ2) is 8.02. The van der Waals surface area contributed by atoms with Crippen LogP contribution in [0.2, 0.25) is 0 Å². The van der Waals surface area contributed by atoms with E-state index in [1.165, 1.54) is 42.8 Å². The first-order chi connectivity index (χ1) is 13.3. The maximum Gasteiger partial charge on any atom is 0.127 e. The number of fused-ring (bicyclic) bond motifs is 1. The van der Waals surface area contributed by atoms with Crippen LogP contribution >= 0.6 is 12.4 Å². The molecule has 1 atom stereocenters. The van der Waals surface area contributed by atoms with E-state index in [0.717, 1.165) is 31.7 Å². The number of hydrogen-bond donors (Lipinski definition) is 1. The van der Waals surface area contributed by atoms with Gasteiger partial charge in [-0.2, -0.15) is 0 Å². The highest BCUT2D eigenvalue weighted by molar-refractivity contribution is 5.85. The van der Waals surface area contributed by atoms with E-state index in [0.29, 0.717) is 17.6 Å². The van der Waals surface area contributed by atoms with Crippen LogP contribution < -0.4 is 10.1 Å². The fraction of sp³-hybridized carbons (Fsp3) is 0.522. The van der Waals surface area contributed by atoms with Crippen LogP contribution in [0.4, 0.5) is 0 Å².